The summed E-state index contributed by atoms with van der Waals surface area (Å²) >= 11 is 0. The van der Waals surface area contributed by atoms with E-state index in [1.54, 1.807) is 23.1 Å². The number of ether oxygens (including phenoxy) is 3. The highest BCUT2D eigenvalue weighted by atomic mass is 16.7. The van der Waals surface area contributed by atoms with Crippen molar-refractivity contribution < 1.29 is 23.8 Å². The molecule has 1 atom stereocenters. The van der Waals surface area contributed by atoms with Crippen LogP contribution in [0.3, 0.4) is 0 Å². The van der Waals surface area contributed by atoms with E-state index in [0.717, 1.165) is 12.8 Å². The van der Waals surface area contributed by atoms with E-state index in [1.807, 2.05) is 0 Å². The third-order valence-electron chi connectivity index (χ3n) is 3.86. The van der Waals surface area contributed by atoms with Gasteiger partial charge in [0, 0.05) is 18.7 Å². The van der Waals surface area contributed by atoms with Crippen molar-refractivity contribution in [3.8, 4) is 11.5 Å². The zero-order chi connectivity index (χ0) is 14.8. The summed E-state index contributed by atoms with van der Waals surface area (Å²) in [7, 11) is 1.38. The van der Waals surface area contributed by atoms with Gasteiger partial charge >= 0.3 is 5.97 Å². The molecule has 6 heteroatoms. The van der Waals surface area contributed by atoms with Crippen LogP contribution in [0.25, 0.3) is 0 Å². The average molecular weight is 291 g/mol. The Labute approximate surface area is 122 Å². The van der Waals surface area contributed by atoms with E-state index in [9.17, 15) is 9.59 Å². The number of methoxy groups -OCH3 is 1. The van der Waals surface area contributed by atoms with Crippen LogP contribution in [-0.2, 0) is 9.53 Å². The summed E-state index contributed by atoms with van der Waals surface area (Å²) in [4.78, 5) is 25.9. The fraction of sp³-hybridized carbons (Fsp3) is 0.467. The molecule has 0 bridgehead atoms. The minimum absolute atomic E-state index is 0.0955. The van der Waals surface area contributed by atoms with Crippen LogP contribution in [-0.4, -0.2) is 43.8 Å². The average Bonchev–Trinajstić information content (AvgIpc) is 3.01. The number of carbonyl (C=O) groups excluding carboxylic acids is 2. The van der Waals surface area contributed by atoms with Crippen LogP contribution in [0.1, 0.15) is 23.2 Å². The lowest BCUT2D eigenvalue weighted by Crippen LogP contribution is -2.42. The first kappa shape index (κ1) is 13.7. The summed E-state index contributed by atoms with van der Waals surface area (Å²) in [6.07, 6.45) is 1.56. The molecule has 0 aliphatic carbocycles. The Morgan fingerprint density at radius 1 is 1.29 bits per heavy atom. The molecule has 2 aliphatic heterocycles. The molecule has 3 rings (SSSR count). The Hall–Kier alpha value is -2.24. The van der Waals surface area contributed by atoms with Gasteiger partial charge in [0.05, 0.1) is 13.0 Å². The smallest absolute Gasteiger partial charge is 0.310 e. The summed E-state index contributed by atoms with van der Waals surface area (Å²) in [5, 5.41) is 0. The van der Waals surface area contributed by atoms with E-state index in [2.05, 4.69) is 0 Å². The molecule has 1 fully saturated rings. The number of esters is 1. The van der Waals surface area contributed by atoms with Gasteiger partial charge in [-0.3, -0.25) is 9.59 Å². The number of fused-ring (bicyclic) bond motifs is 1. The molecule has 1 amide bonds. The Kier molecular flexibility index (Phi) is 3.68. The molecule has 0 N–H and O–H groups in total. The van der Waals surface area contributed by atoms with Crippen molar-refractivity contribution in [1.82, 2.24) is 4.90 Å². The zero-order valence-electron chi connectivity index (χ0n) is 11.8. The molecule has 0 aromatic heterocycles. The summed E-state index contributed by atoms with van der Waals surface area (Å²) < 4.78 is 15.3. The second-order valence-electron chi connectivity index (χ2n) is 5.18. The number of amides is 1. The van der Waals surface area contributed by atoms with Crippen LogP contribution in [0.15, 0.2) is 18.2 Å². The lowest BCUT2D eigenvalue weighted by Gasteiger charge is -2.31. The van der Waals surface area contributed by atoms with Crippen molar-refractivity contribution >= 4 is 11.9 Å². The Morgan fingerprint density at radius 3 is 2.90 bits per heavy atom. The Bertz CT molecular complexity index is 571. The van der Waals surface area contributed by atoms with Gasteiger partial charge in [-0.25, -0.2) is 0 Å². The van der Waals surface area contributed by atoms with Crippen molar-refractivity contribution in [3.05, 3.63) is 23.8 Å². The van der Waals surface area contributed by atoms with Crippen LogP contribution in [0.4, 0.5) is 0 Å². The van der Waals surface area contributed by atoms with Gasteiger partial charge in [-0.05, 0) is 31.0 Å². The van der Waals surface area contributed by atoms with E-state index in [4.69, 9.17) is 14.2 Å². The Morgan fingerprint density at radius 2 is 2.10 bits per heavy atom. The van der Waals surface area contributed by atoms with Crippen molar-refractivity contribution in [3.63, 3.8) is 0 Å². The second kappa shape index (κ2) is 5.63. The minimum Gasteiger partial charge on any atom is -0.469 e. The highest BCUT2D eigenvalue weighted by Gasteiger charge is 2.30. The van der Waals surface area contributed by atoms with Crippen molar-refractivity contribution in [2.45, 2.75) is 12.8 Å². The van der Waals surface area contributed by atoms with E-state index in [1.165, 1.54) is 7.11 Å². The first-order chi connectivity index (χ1) is 10.2. The number of carbonyl (C=O) groups is 2. The van der Waals surface area contributed by atoms with Gasteiger partial charge in [0.15, 0.2) is 11.5 Å². The normalized spacial score (nSPS) is 20.2. The van der Waals surface area contributed by atoms with Gasteiger partial charge < -0.3 is 19.1 Å². The summed E-state index contributed by atoms with van der Waals surface area (Å²) in [6, 6.07) is 5.14. The number of likely N-dealkylation sites (tertiary alicyclic amines) is 1. The first-order valence-corrected chi connectivity index (χ1v) is 6.96. The number of nitrogens with zero attached hydrogens (tertiary/aromatic N) is 1. The van der Waals surface area contributed by atoms with Crippen LogP contribution in [0, 0.1) is 5.92 Å². The molecule has 2 heterocycles. The highest BCUT2D eigenvalue weighted by Crippen LogP contribution is 2.33. The lowest BCUT2D eigenvalue weighted by atomic mass is 9.97. The van der Waals surface area contributed by atoms with Gasteiger partial charge in [0.25, 0.3) is 5.91 Å². The van der Waals surface area contributed by atoms with Crippen molar-refractivity contribution in [1.29, 1.82) is 0 Å². The molecule has 1 aromatic rings. The fourth-order valence-electron chi connectivity index (χ4n) is 2.73. The first-order valence-electron chi connectivity index (χ1n) is 6.96. The maximum absolute atomic E-state index is 12.5. The number of piperidine rings is 1. The van der Waals surface area contributed by atoms with Gasteiger partial charge in [0.1, 0.15) is 0 Å². The topological polar surface area (TPSA) is 65.1 Å². The molecular formula is C15H17NO5. The van der Waals surface area contributed by atoms with Gasteiger partial charge in [-0.15, -0.1) is 0 Å². The highest BCUT2D eigenvalue weighted by molar-refractivity contribution is 5.95. The van der Waals surface area contributed by atoms with Crippen LogP contribution in [0.5, 0.6) is 11.5 Å². The molecule has 6 nitrogen and oxygen atoms in total. The quantitative estimate of drug-likeness (QED) is 0.771. The second-order valence-corrected chi connectivity index (χ2v) is 5.18. The van der Waals surface area contributed by atoms with E-state index < -0.39 is 0 Å². The standard InChI is InChI=1S/C15H17NO5/c1-19-15(18)11-3-2-6-16(8-11)14(17)10-4-5-12-13(7-10)21-9-20-12/h4-5,7,11H,2-3,6,8-9H2,1H3. The zero-order valence-corrected chi connectivity index (χ0v) is 11.8. The summed E-state index contributed by atoms with van der Waals surface area (Å²) in [5.41, 5.74) is 0.546. The molecular weight excluding hydrogens is 274 g/mol. The van der Waals surface area contributed by atoms with E-state index in [-0.39, 0.29) is 24.6 Å². The van der Waals surface area contributed by atoms with E-state index in [0.29, 0.717) is 30.2 Å². The van der Waals surface area contributed by atoms with Gasteiger partial charge in [0.2, 0.25) is 6.79 Å². The Balaban J connectivity index is 1.74. The molecule has 1 saturated heterocycles. The maximum Gasteiger partial charge on any atom is 0.310 e. The SMILES string of the molecule is COC(=O)C1CCCN(C(=O)c2ccc3c(c2)OCO3)C1. The molecule has 2 aliphatic rings. The maximum atomic E-state index is 12.5. The third-order valence-corrected chi connectivity index (χ3v) is 3.86. The number of benzene rings is 1. The molecule has 0 saturated carbocycles. The van der Waals surface area contributed by atoms with Crippen molar-refractivity contribution in [2.75, 3.05) is 27.0 Å². The molecule has 21 heavy (non-hydrogen) atoms. The number of hydrogen-bond donors (Lipinski definition) is 0. The van der Waals surface area contributed by atoms with Gasteiger partial charge in [-0.1, -0.05) is 0 Å². The summed E-state index contributed by atoms with van der Waals surface area (Å²) in [5.74, 6) is 0.654. The molecule has 1 unspecified atom stereocenters. The molecule has 1 aromatic carbocycles. The predicted molar refractivity (Wildman–Crippen MR) is 73.2 cm³/mol. The number of rotatable bonds is 2. The fourth-order valence-corrected chi connectivity index (χ4v) is 2.73. The molecule has 0 spiro atoms. The van der Waals surface area contributed by atoms with Crippen LogP contribution in [0.2, 0.25) is 0 Å². The third kappa shape index (κ3) is 2.66. The molecule has 112 valence electrons. The van der Waals surface area contributed by atoms with Gasteiger partial charge in [-0.2, -0.15) is 0 Å². The summed E-state index contributed by atoms with van der Waals surface area (Å²) in [6.45, 7) is 1.24. The van der Waals surface area contributed by atoms with Crippen molar-refractivity contribution in [2.24, 2.45) is 5.92 Å². The van der Waals surface area contributed by atoms with Crippen LogP contribution < -0.4 is 9.47 Å². The van der Waals surface area contributed by atoms with Crippen LogP contribution >= 0.6 is 0 Å². The largest absolute Gasteiger partial charge is 0.469 e. The lowest BCUT2D eigenvalue weighted by molar-refractivity contribution is -0.146. The minimum atomic E-state index is -0.252. The van der Waals surface area contributed by atoms with E-state index >= 15 is 0 Å². The predicted octanol–water partition coefficient (Wildman–Crippen LogP) is 1.44. The number of hydrogen-bond acceptors (Lipinski definition) is 5. The monoisotopic (exact) mass is 291 g/mol. The molecule has 0 radical (unpaired) electrons.